The van der Waals surface area contributed by atoms with Crippen LogP contribution in [0.1, 0.15) is 46.5 Å². The van der Waals surface area contributed by atoms with Crippen LogP contribution in [0.3, 0.4) is 0 Å². The van der Waals surface area contributed by atoms with Gasteiger partial charge in [-0.05, 0) is 40.0 Å². The molecule has 27 heavy (non-hydrogen) atoms. The lowest BCUT2D eigenvalue weighted by Crippen LogP contribution is -2.45. The lowest BCUT2D eigenvalue weighted by molar-refractivity contribution is -0.137. The molecule has 0 bridgehead atoms. The summed E-state index contributed by atoms with van der Waals surface area (Å²) in [6, 6.07) is 1.88. The first kappa shape index (κ1) is 22.3. The smallest absolute Gasteiger partial charge is 0.410 e. The van der Waals surface area contributed by atoms with E-state index in [1.54, 1.807) is 4.90 Å². The first-order chi connectivity index (χ1) is 12.6. The van der Waals surface area contributed by atoms with E-state index in [0.29, 0.717) is 32.4 Å². The van der Waals surface area contributed by atoms with Gasteiger partial charge in [-0.15, -0.1) is 0 Å². The van der Waals surface area contributed by atoms with Crippen molar-refractivity contribution in [3.63, 3.8) is 0 Å². The second-order valence-electron chi connectivity index (χ2n) is 7.33. The minimum Gasteiger partial charge on any atom is -0.481 e. The van der Waals surface area contributed by atoms with Crippen molar-refractivity contribution in [2.45, 2.75) is 58.1 Å². The summed E-state index contributed by atoms with van der Waals surface area (Å²) in [6.45, 7) is 6.71. The Hall–Kier alpha value is -2.76. The molecule has 1 aliphatic rings. The van der Waals surface area contributed by atoms with Crippen LogP contribution in [0.4, 0.5) is 4.79 Å². The zero-order valence-electron chi connectivity index (χ0n) is 16.1. The van der Waals surface area contributed by atoms with Gasteiger partial charge in [0.2, 0.25) is 0 Å². The summed E-state index contributed by atoms with van der Waals surface area (Å²) in [6.07, 6.45) is 2.65. The number of carbonyl (C=O) groups is 3. The zero-order valence-corrected chi connectivity index (χ0v) is 16.1. The number of amides is 2. The molecule has 1 saturated heterocycles. The van der Waals surface area contributed by atoms with Crippen LogP contribution in [0, 0.1) is 11.3 Å². The third-order valence-electron chi connectivity index (χ3n) is 3.83. The summed E-state index contributed by atoms with van der Waals surface area (Å²) < 4.78 is 5.34. The van der Waals surface area contributed by atoms with Crippen molar-refractivity contribution in [1.29, 1.82) is 5.26 Å². The Bertz CT molecular complexity index is 610. The highest BCUT2D eigenvalue weighted by Crippen LogP contribution is 2.15. The highest BCUT2D eigenvalue weighted by atomic mass is 16.6. The van der Waals surface area contributed by atoms with Gasteiger partial charge >= 0.3 is 12.1 Å². The number of nitrogens with zero attached hydrogens (tertiary/aromatic N) is 2. The number of likely N-dealkylation sites (tertiary alicyclic amines) is 1. The Labute approximate surface area is 159 Å². The standard InChI is InChI=1S/C18H28N4O5/c1-18(2,3)27-17(26)22-9-6-14(7-10-22)21-12-13(11-19)16(25)20-8-4-5-15(23)24/h12,14,21H,4-10H2,1-3H3,(H,20,25)(H,23,24)/b13-12-. The van der Waals surface area contributed by atoms with Crippen molar-refractivity contribution in [2.75, 3.05) is 19.6 Å². The largest absolute Gasteiger partial charge is 0.481 e. The van der Waals surface area contributed by atoms with Gasteiger partial charge < -0.3 is 25.4 Å². The summed E-state index contributed by atoms with van der Waals surface area (Å²) in [5, 5.41) is 23.2. The number of nitrogens with one attached hydrogen (secondary N) is 2. The van der Waals surface area contributed by atoms with Gasteiger partial charge in [0.1, 0.15) is 17.2 Å². The Balaban J connectivity index is 2.41. The maximum absolute atomic E-state index is 12.0. The number of rotatable bonds is 7. The minimum absolute atomic E-state index is 0.0413. The third kappa shape index (κ3) is 8.94. The molecule has 3 N–H and O–H groups in total. The van der Waals surface area contributed by atoms with E-state index in [1.165, 1.54) is 6.20 Å². The number of nitriles is 1. The first-order valence-electron chi connectivity index (χ1n) is 8.96. The molecule has 0 unspecified atom stereocenters. The molecule has 1 aliphatic heterocycles. The van der Waals surface area contributed by atoms with Crippen molar-refractivity contribution >= 4 is 18.0 Å². The summed E-state index contributed by atoms with van der Waals surface area (Å²) in [5.41, 5.74) is -0.603. The van der Waals surface area contributed by atoms with E-state index >= 15 is 0 Å². The fourth-order valence-electron chi connectivity index (χ4n) is 2.44. The molecule has 0 atom stereocenters. The van der Waals surface area contributed by atoms with Gasteiger partial charge in [-0.2, -0.15) is 5.26 Å². The molecule has 150 valence electrons. The van der Waals surface area contributed by atoms with Crippen LogP contribution < -0.4 is 10.6 Å². The van der Waals surface area contributed by atoms with Crippen LogP contribution in [0.15, 0.2) is 11.8 Å². The van der Waals surface area contributed by atoms with Gasteiger partial charge in [-0.25, -0.2) is 4.79 Å². The van der Waals surface area contributed by atoms with E-state index in [0.717, 1.165) is 0 Å². The summed E-state index contributed by atoms with van der Waals surface area (Å²) in [7, 11) is 0. The molecular formula is C18H28N4O5. The van der Waals surface area contributed by atoms with Gasteiger partial charge in [0.05, 0.1) is 0 Å². The Morgan fingerprint density at radius 3 is 2.44 bits per heavy atom. The predicted octanol–water partition coefficient (Wildman–Crippen LogP) is 1.36. The average Bonchev–Trinajstić information content (AvgIpc) is 2.58. The Kier molecular flexibility index (Phi) is 8.59. The highest BCUT2D eigenvalue weighted by molar-refractivity contribution is 5.97. The lowest BCUT2D eigenvalue weighted by Gasteiger charge is -2.33. The minimum atomic E-state index is -0.931. The van der Waals surface area contributed by atoms with Crippen molar-refractivity contribution in [3.8, 4) is 6.07 Å². The van der Waals surface area contributed by atoms with Crippen LogP contribution in [0.2, 0.25) is 0 Å². The summed E-state index contributed by atoms with van der Waals surface area (Å²) >= 11 is 0. The normalized spacial score (nSPS) is 15.6. The monoisotopic (exact) mass is 380 g/mol. The predicted molar refractivity (Wildman–Crippen MR) is 97.5 cm³/mol. The second-order valence-corrected chi connectivity index (χ2v) is 7.33. The molecule has 1 rings (SSSR count). The molecule has 0 saturated carbocycles. The number of ether oxygens (including phenoxy) is 1. The topological polar surface area (TPSA) is 132 Å². The SMILES string of the molecule is CC(C)(C)OC(=O)N1CCC(N/C=C(/C#N)C(=O)NCCCC(=O)O)CC1. The average molecular weight is 380 g/mol. The first-order valence-corrected chi connectivity index (χ1v) is 8.96. The molecule has 0 radical (unpaired) electrons. The third-order valence-corrected chi connectivity index (χ3v) is 3.83. The Morgan fingerprint density at radius 2 is 1.93 bits per heavy atom. The van der Waals surface area contributed by atoms with Crippen LogP contribution in [-0.2, 0) is 14.3 Å². The summed E-state index contributed by atoms with van der Waals surface area (Å²) in [4.78, 5) is 36.0. The quantitative estimate of drug-likeness (QED) is 0.345. The van der Waals surface area contributed by atoms with Crippen LogP contribution in [-0.4, -0.2) is 59.3 Å². The van der Waals surface area contributed by atoms with Gasteiger partial charge in [0, 0.05) is 38.3 Å². The molecular weight excluding hydrogens is 352 g/mol. The molecule has 0 aromatic heterocycles. The molecule has 9 heteroatoms. The maximum atomic E-state index is 12.0. The molecule has 0 aromatic rings. The van der Waals surface area contributed by atoms with E-state index < -0.39 is 17.5 Å². The van der Waals surface area contributed by atoms with E-state index in [9.17, 15) is 14.4 Å². The molecule has 0 spiro atoms. The Morgan fingerprint density at radius 1 is 1.30 bits per heavy atom. The van der Waals surface area contributed by atoms with Crippen molar-refractivity contribution in [2.24, 2.45) is 0 Å². The number of carboxylic acids is 1. The molecule has 9 nitrogen and oxygen atoms in total. The molecule has 1 heterocycles. The lowest BCUT2D eigenvalue weighted by atomic mass is 10.1. The summed E-state index contributed by atoms with van der Waals surface area (Å²) in [5.74, 6) is -1.47. The number of aliphatic carboxylic acids is 1. The maximum Gasteiger partial charge on any atom is 0.410 e. The number of hydrogen-bond acceptors (Lipinski definition) is 6. The molecule has 0 aliphatic carbocycles. The zero-order chi connectivity index (χ0) is 20.4. The van der Waals surface area contributed by atoms with Crippen LogP contribution >= 0.6 is 0 Å². The van der Waals surface area contributed by atoms with Gasteiger partial charge in [0.15, 0.2) is 0 Å². The molecule has 0 aromatic carbocycles. The number of carboxylic acid groups (broad SMARTS) is 1. The van der Waals surface area contributed by atoms with Crippen molar-refractivity contribution < 1.29 is 24.2 Å². The molecule has 2 amide bonds. The highest BCUT2D eigenvalue weighted by Gasteiger charge is 2.26. The number of piperidine rings is 1. The van der Waals surface area contributed by atoms with Crippen LogP contribution in [0.25, 0.3) is 0 Å². The fraction of sp³-hybridized carbons (Fsp3) is 0.667. The fourth-order valence-corrected chi connectivity index (χ4v) is 2.44. The van der Waals surface area contributed by atoms with Crippen molar-refractivity contribution in [1.82, 2.24) is 15.5 Å². The second kappa shape index (κ2) is 10.4. The van der Waals surface area contributed by atoms with Crippen LogP contribution in [0.5, 0.6) is 0 Å². The van der Waals surface area contributed by atoms with Crippen molar-refractivity contribution in [3.05, 3.63) is 11.8 Å². The van der Waals surface area contributed by atoms with Gasteiger partial charge in [0.25, 0.3) is 5.91 Å². The van der Waals surface area contributed by atoms with E-state index in [1.807, 2.05) is 26.8 Å². The van der Waals surface area contributed by atoms with E-state index in [4.69, 9.17) is 15.1 Å². The van der Waals surface area contributed by atoms with E-state index in [-0.39, 0.29) is 30.7 Å². The number of carbonyl (C=O) groups excluding carboxylic acids is 2. The number of hydrogen-bond donors (Lipinski definition) is 3. The molecule has 1 fully saturated rings. The van der Waals surface area contributed by atoms with Gasteiger partial charge in [-0.3, -0.25) is 9.59 Å². The van der Waals surface area contributed by atoms with Gasteiger partial charge in [-0.1, -0.05) is 0 Å². The van der Waals surface area contributed by atoms with E-state index in [2.05, 4.69) is 10.6 Å².